The molecule has 0 atom stereocenters. The van der Waals surface area contributed by atoms with E-state index in [1.165, 1.54) is 11.6 Å². The smallest absolute Gasteiger partial charge is 0.248 e. The molecule has 2 aromatic rings. The van der Waals surface area contributed by atoms with Crippen LogP contribution in [-0.2, 0) is 9.59 Å². The fraction of sp³-hybridized carbons (Fsp3) is 0.238. The van der Waals surface area contributed by atoms with Crippen molar-refractivity contribution in [3.63, 3.8) is 0 Å². The first-order valence-electron chi connectivity index (χ1n) is 8.47. The van der Waals surface area contributed by atoms with Gasteiger partial charge in [-0.25, -0.2) is 0 Å². The molecule has 2 rings (SSSR count). The molecule has 2 N–H and O–H groups in total. The van der Waals surface area contributed by atoms with E-state index in [4.69, 9.17) is 0 Å². The van der Waals surface area contributed by atoms with Gasteiger partial charge in [-0.1, -0.05) is 51.1 Å². The topological polar surface area (TPSA) is 58.2 Å². The Labute approximate surface area is 149 Å². The number of benzene rings is 2. The van der Waals surface area contributed by atoms with Crippen LogP contribution in [0, 0.1) is 0 Å². The Morgan fingerprint density at radius 2 is 1.64 bits per heavy atom. The Bertz CT molecular complexity index is 762. The normalized spacial score (nSPS) is 10.9. The molecule has 0 aliphatic carbocycles. The monoisotopic (exact) mass is 336 g/mol. The molecule has 2 aromatic carbocycles. The van der Waals surface area contributed by atoms with E-state index in [0.717, 1.165) is 5.56 Å². The van der Waals surface area contributed by atoms with Crippen molar-refractivity contribution < 1.29 is 9.59 Å². The lowest BCUT2D eigenvalue weighted by molar-refractivity contribution is -0.116. The van der Waals surface area contributed by atoms with Gasteiger partial charge in [0.15, 0.2) is 0 Å². The second-order valence-corrected chi connectivity index (χ2v) is 6.13. The van der Waals surface area contributed by atoms with Crippen LogP contribution in [0.5, 0.6) is 0 Å². The summed E-state index contributed by atoms with van der Waals surface area (Å²) in [7, 11) is 0. The summed E-state index contributed by atoms with van der Waals surface area (Å²) in [4.78, 5) is 23.5. The maximum absolute atomic E-state index is 12.1. The highest BCUT2D eigenvalue weighted by Crippen LogP contribution is 2.17. The van der Waals surface area contributed by atoms with Crippen LogP contribution < -0.4 is 10.6 Å². The van der Waals surface area contributed by atoms with Crippen LogP contribution in [0.3, 0.4) is 0 Å². The molecule has 25 heavy (non-hydrogen) atoms. The van der Waals surface area contributed by atoms with Gasteiger partial charge in [0, 0.05) is 23.9 Å². The van der Waals surface area contributed by atoms with Gasteiger partial charge in [0.25, 0.3) is 0 Å². The molecule has 0 aliphatic heterocycles. The lowest BCUT2D eigenvalue weighted by Crippen LogP contribution is -2.11. The van der Waals surface area contributed by atoms with Gasteiger partial charge < -0.3 is 10.6 Å². The van der Waals surface area contributed by atoms with Crippen molar-refractivity contribution in [3.8, 4) is 0 Å². The highest BCUT2D eigenvalue weighted by Gasteiger charge is 2.02. The zero-order valence-corrected chi connectivity index (χ0v) is 14.9. The van der Waals surface area contributed by atoms with Crippen molar-refractivity contribution >= 4 is 29.3 Å². The standard InChI is InChI=1S/C21H24N2O2/c1-4-20(24)22-18-6-5-7-19(14-18)23-21(25)13-10-16-8-11-17(12-9-16)15(2)3/h5-15H,4H2,1-3H3,(H,22,24)(H,23,25). The molecular formula is C21H24N2O2. The van der Waals surface area contributed by atoms with Gasteiger partial charge in [0.2, 0.25) is 11.8 Å². The Morgan fingerprint density at radius 1 is 1.00 bits per heavy atom. The Morgan fingerprint density at radius 3 is 2.24 bits per heavy atom. The molecule has 0 bridgehead atoms. The van der Waals surface area contributed by atoms with Gasteiger partial charge in [0.05, 0.1) is 0 Å². The van der Waals surface area contributed by atoms with Crippen molar-refractivity contribution in [2.24, 2.45) is 0 Å². The van der Waals surface area contributed by atoms with E-state index in [-0.39, 0.29) is 11.8 Å². The first-order chi connectivity index (χ1) is 12.0. The second-order valence-electron chi connectivity index (χ2n) is 6.13. The van der Waals surface area contributed by atoms with Crippen molar-refractivity contribution in [1.29, 1.82) is 0 Å². The third kappa shape index (κ3) is 5.92. The van der Waals surface area contributed by atoms with E-state index in [1.807, 2.05) is 12.1 Å². The van der Waals surface area contributed by atoms with Crippen LogP contribution in [0.1, 0.15) is 44.2 Å². The lowest BCUT2D eigenvalue weighted by atomic mass is 10.0. The number of carbonyl (C=O) groups excluding carboxylic acids is 2. The number of carbonyl (C=O) groups is 2. The van der Waals surface area contributed by atoms with Crippen molar-refractivity contribution in [3.05, 3.63) is 65.7 Å². The Balaban J connectivity index is 1.97. The molecule has 0 aromatic heterocycles. The molecule has 0 saturated carbocycles. The first kappa shape index (κ1) is 18.5. The summed E-state index contributed by atoms with van der Waals surface area (Å²) in [5, 5.41) is 5.57. The third-order valence-electron chi connectivity index (χ3n) is 3.77. The molecule has 4 heteroatoms. The first-order valence-corrected chi connectivity index (χ1v) is 8.47. The van der Waals surface area contributed by atoms with Gasteiger partial charge in [-0.15, -0.1) is 0 Å². The molecule has 0 saturated heterocycles. The van der Waals surface area contributed by atoms with E-state index < -0.39 is 0 Å². The van der Waals surface area contributed by atoms with Crippen LogP contribution in [0.25, 0.3) is 6.08 Å². The maximum atomic E-state index is 12.1. The zero-order chi connectivity index (χ0) is 18.2. The molecule has 130 valence electrons. The molecular weight excluding hydrogens is 312 g/mol. The maximum Gasteiger partial charge on any atom is 0.248 e. The van der Waals surface area contributed by atoms with Crippen LogP contribution in [0.4, 0.5) is 11.4 Å². The fourth-order valence-electron chi connectivity index (χ4n) is 2.27. The summed E-state index contributed by atoms with van der Waals surface area (Å²) >= 11 is 0. The van der Waals surface area contributed by atoms with Crippen molar-refractivity contribution in [2.75, 3.05) is 10.6 Å². The minimum atomic E-state index is -0.216. The van der Waals surface area contributed by atoms with Gasteiger partial charge in [-0.2, -0.15) is 0 Å². The second kappa shape index (κ2) is 8.83. The summed E-state index contributed by atoms with van der Waals surface area (Å²) in [6.45, 7) is 6.09. The summed E-state index contributed by atoms with van der Waals surface area (Å²) < 4.78 is 0. The summed E-state index contributed by atoms with van der Waals surface area (Å²) in [5.74, 6) is 0.210. The third-order valence-corrected chi connectivity index (χ3v) is 3.77. The molecule has 0 aliphatic rings. The number of rotatable bonds is 6. The Hall–Kier alpha value is -2.88. The molecule has 0 spiro atoms. The van der Waals surface area contributed by atoms with E-state index in [9.17, 15) is 9.59 Å². The molecule has 2 amide bonds. The minimum Gasteiger partial charge on any atom is -0.326 e. The largest absolute Gasteiger partial charge is 0.326 e. The van der Waals surface area contributed by atoms with Gasteiger partial charge in [-0.05, 0) is 41.3 Å². The molecule has 0 radical (unpaired) electrons. The van der Waals surface area contributed by atoms with Gasteiger partial charge >= 0.3 is 0 Å². The van der Waals surface area contributed by atoms with E-state index in [0.29, 0.717) is 23.7 Å². The number of hydrogen-bond acceptors (Lipinski definition) is 2. The fourth-order valence-corrected chi connectivity index (χ4v) is 2.27. The summed E-state index contributed by atoms with van der Waals surface area (Å²) in [6, 6.07) is 15.2. The highest BCUT2D eigenvalue weighted by atomic mass is 16.2. The van der Waals surface area contributed by atoms with E-state index >= 15 is 0 Å². The lowest BCUT2D eigenvalue weighted by Gasteiger charge is -2.07. The van der Waals surface area contributed by atoms with Crippen LogP contribution in [0.2, 0.25) is 0 Å². The van der Waals surface area contributed by atoms with Gasteiger partial charge in [0.1, 0.15) is 0 Å². The minimum absolute atomic E-state index is 0.0618. The summed E-state index contributed by atoms with van der Waals surface area (Å²) in [5.41, 5.74) is 3.55. The average molecular weight is 336 g/mol. The Kier molecular flexibility index (Phi) is 6.52. The van der Waals surface area contributed by atoms with Crippen molar-refractivity contribution in [1.82, 2.24) is 0 Å². The number of amides is 2. The number of hydrogen-bond donors (Lipinski definition) is 2. The van der Waals surface area contributed by atoms with Gasteiger partial charge in [-0.3, -0.25) is 9.59 Å². The van der Waals surface area contributed by atoms with Crippen LogP contribution in [0.15, 0.2) is 54.6 Å². The SMILES string of the molecule is CCC(=O)Nc1cccc(NC(=O)C=Cc2ccc(C(C)C)cc2)c1. The predicted octanol–water partition coefficient (Wildman–Crippen LogP) is 4.81. The predicted molar refractivity (Wildman–Crippen MR) is 104 cm³/mol. The van der Waals surface area contributed by atoms with E-state index in [2.05, 4.69) is 36.6 Å². The average Bonchev–Trinajstić information content (AvgIpc) is 2.60. The van der Waals surface area contributed by atoms with Crippen LogP contribution in [-0.4, -0.2) is 11.8 Å². The molecule has 4 nitrogen and oxygen atoms in total. The highest BCUT2D eigenvalue weighted by molar-refractivity contribution is 6.02. The van der Waals surface area contributed by atoms with E-state index in [1.54, 1.807) is 37.3 Å². The molecule has 0 fully saturated rings. The quantitative estimate of drug-likeness (QED) is 0.744. The zero-order valence-electron chi connectivity index (χ0n) is 14.9. The number of nitrogens with one attached hydrogen (secondary N) is 2. The molecule has 0 heterocycles. The van der Waals surface area contributed by atoms with Crippen LogP contribution >= 0.6 is 0 Å². The summed E-state index contributed by atoms with van der Waals surface area (Å²) in [6.07, 6.45) is 3.69. The molecule has 0 unspecified atom stereocenters. The van der Waals surface area contributed by atoms with Crippen molar-refractivity contribution in [2.45, 2.75) is 33.1 Å². The number of anilines is 2.